The van der Waals surface area contributed by atoms with Gasteiger partial charge in [-0.05, 0) is 59.5 Å². The molecule has 0 unspecified atom stereocenters. The van der Waals surface area contributed by atoms with E-state index >= 15 is 0 Å². The number of hydrogen-bond donors (Lipinski definition) is 1. The Morgan fingerprint density at radius 3 is 2.03 bits per heavy atom. The first-order valence-electron chi connectivity index (χ1n) is 9.59. The molecule has 5 nitrogen and oxygen atoms in total. The smallest absolute Gasteiger partial charge is 0.295 e. The second kappa shape index (κ2) is 8.42. The van der Waals surface area contributed by atoms with Crippen molar-refractivity contribution in [1.29, 1.82) is 0 Å². The Hall–Kier alpha value is -2.96. The molecule has 0 aliphatic heterocycles. The van der Waals surface area contributed by atoms with Crippen LogP contribution in [0.5, 0.6) is 0 Å². The predicted octanol–water partition coefficient (Wildman–Crippen LogP) is 3.95. The van der Waals surface area contributed by atoms with Gasteiger partial charge in [0.05, 0.1) is 0 Å². The molecule has 0 amide bonds. The fourth-order valence-electron chi connectivity index (χ4n) is 3.38. The van der Waals surface area contributed by atoms with Crippen LogP contribution in [0, 0.1) is 6.92 Å². The fraction of sp³-hybridized carbons (Fsp3) is 0.208. The molecule has 2 aromatic carbocycles. The van der Waals surface area contributed by atoms with E-state index in [9.17, 15) is 13.0 Å². The molecule has 0 saturated carbocycles. The van der Waals surface area contributed by atoms with E-state index in [1.807, 2.05) is 92.3 Å². The van der Waals surface area contributed by atoms with E-state index < -0.39 is 10.1 Å². The average Bonchev–Trinajstić information content (AvgIpc) is 2.69. The molecule has 0 atom stereocenters. The second-order valence-electron chi connectivity index (χ2n) is 7.73. The summed E-state index contributed by atoms with van der Waals surface area (Å²) in [6.07, 6.45) is 7.92. The molecule has 0 heterocycles. The third kappa shape index (κ3) is 4.61. The molecule has 0 bridgehead atoms. The molecule has 30 heavy (non-hydrogen) atoms. The Morgan fingerprint density at radius 1 is 0.933 bits per heavy atom. The van der Waals surface area contributed by atoms with Gasteiger partial charge in [0.25, 0.3) is 10.1 Å². The molecular formula is C24H27N2O3S+. The van der Waals surface area contributed by atoms with Gasteiger partial charge in [0.1, 0.15) is 19.0 Å². The molecule has 1 aliphatic carbocycles. The molecule has 156 valence electrons. The zero-order chi connectivity index (χ0) is 22.1. The van der Waals surface area contributed by atoms with Gasteiger partial charge in [-0.1, -0.05) is 24.3 Å². The van der Waals surface area contributed by atoms with Crippen LogP contribution in [-0.4, -0.2) is 51.4 Å². The summed E-state index contributed by atoms with van der Waals surface area (Å²) in [7, 11) is 3.48. The largest absolute Gasteiger partial charge is 0.378 e. The summed E-state index contributed by atoms with van der Waals surface area (Å²) in [6.45, 7) is 1.80. The molecule has 3 rings (SSSR count). The summed E-state index contributed by atoms with van der Waals surface area (Å²) in [5.41, 5.74) is 5.80. The highest BCUT2D eigenvalue weighted by Gasteiger charge is 2.22. The Balaban J connectivity index is 2.31. The monoisotopic (exact) mass is 423 g/mol. The van der Waals surface area contributed by atoms with Gasteiger partial charge in [-0.15, -0.1) is 0 Å². The Kier molecular flexibility index (Phi) is 6.10. The summed E-state index contributed by atoms with van der Waals surface area (Å²) in [4.78, 5) is 1.91. The molecule has 0 spiro atoms. The maximum absolute atomic E-state index is 12.2. The first kappa shape index (κ1) is 21.7. The van der Waals surface area contributed by atoms with E-state index in [1.165, 1.54) is 6.07 Å². The van der Waals surface area contributed by atoms with Gasteiger partial charge < -0.3 is 4.90 Å². The van der Waals surface area contributed by atoms with Crippen molar-refractivity contribution in [3.05, 3.63) is 89.0 Å². The molecule has 0 aromatic heterocycles. The van der Waals surface area contributed by atoms with Crippen molar-refractivity contribution in [2.75, 3.05) is 33.1 Å². The predicted molar refractivity (Wildman–Crippen MR) is 123 cm³/mol. The van der Waals surface area contributed by atoms with Gasteiger partial charge in [-0.2, -0.15) is 8.42 Å². The zero-order valence-electron chi connectivity index (χ0n) is 17.9. The molecule has 0 fully saturated rings. The normalized spacial score (nSPS) is 13.5. The van der Waals surface area contributed by atoms with Gasteiger partial charge in [-0.3, -0.25) is 4.55 Å². The van der Waals surface area contributed by atoms with Crippen LogP contribution < -0.4 is 4.90 Å². The highest BCUT2D eigenvalue weighted by Crippen LogP contribution is 2.34. The maximum Gasteiger partial charge on any atom is 0.295 e. The molecular weight excluding hydrogens is 396 g/mol. The van der Waals surface area contributed by atoms with Crippen LogP contribution in [0.3, 0.4) is 0 Å². The van der Waals surface area contributed by atoms with Crippen LogP contribution in [-0.2, 0) is 10.1 Å². The van der Waals surface area contributed by atoms with Crippen molar-refractivity contribution in [3.8, 4) is 0 Å². The van der Waals surface area contributed by atoms with Crippen molar-refractivity contribution in [1.82, 2.24) is 0 Å². The Bertz CT molecular complexity index is 1180. The van der Waals surface area contributed by atoms with Crippen LogP contribution in [0.2, 0.25) is 0 Å². The third-order valence-electron chi connectivity index (χ3n) is 5.03. The number of aryl methyl sites for hydroxylation is 1. The summed E-state index contributed by atoms with van der Waals surface area (Å²) >= 11 is 0. The van der Waals surface area contributed by atoms with E-state index in [0.717, 1.165) is 33.7 Å². The lowest BCUT2D eigenvalue weighted by Gasteiger charge is -2.18. The molecule has 0 saturated heterocycles. The van der Waals surface area contributed by atoms with Gasteiger partial charge in [0.2, 0.25) is 0 Å². The lowest BCUT2D eigenvalue weighted by atomic mass is 9.90. The number of benzene rings is 2. The molecule has 2 aromatic rings. The number of nitrogens with zero attached hydrogens (tertiary/aromatic N) is 2. The van der Waals surface area contributed by atoms with Crippen LogP contribution >= 0.6 is 0 Å². The van der Waals surface area contributed by atoms with E-state index in [1.54, 1.807) is 13.0 Å². The first-order chi connectivity index (χ1) is 14.1. The van der Waals surface area contributed by atoms with Crippen LogP contribution in [0.25, 0.3) is 5.57 Å². The summed E-state index contributed by atoms with van der Waals surface area (Å²) in [5, 5.41) is 0. The number of anilines is 1. The minimum atomic E-state index is -4.40. The van der Waals surface area contributed by atoms with Crippen molar-refractivity contribution >= 4 is 27.1 Å². The van der Waals surface area contributed by atoms with Gasteiger partial charge in [0.15, 0.2) is 5.71 Å². The minimum absolute atomic E-state index is 0.0918. The zero-order valence-corrected chi connectivity index (χ0v) is 18.7. The van der Waals surface area contributed by atoms with Crippen LogP contribution in [0.1, 0.15) is 16.7 Å². The van der Waals surface area contributed by atoms with Crippen molar-refractivity contribution in [3.63, 3.8) is 0 Å². The van der Waals surface area contributed by atoms with Crippen LogP contribution in [0.15, 0.2) is 77.2 Å². The molecule has 6 heteroatoms. The molecule has 0 radical (unpaired) electrons. The first-order valence-corrected chi connectivity index (χ1v) is 11.0. The highest BCUT2D eigenvalue weighted by molar-refractivity contribution is 7.86. The lowest BCUT2D eigenvalue weighted by Crippen LogP contribution is -2.11. The van der Waals surface area contributed by atoms with Gasteiger partial charge in [-0.25, -0.2) is 4.58 Å². The average molecular weight is 424 g/mol. The fourth-order valence-corrected chi connectivity index (χ4v) is 4.16. The summed E-state index contributed by atoms with van der Waals surface area (Å²) in [6, 6.07) is 13.0. The van der Waals surface area contributed by atoms with Crippen LogP contribution in [0.4, 0.5) is 5.69 Å². The standard InChI is InChI=1S/C24H26N2O3S/c1-17-6-15-22(23(16-17)30(27,28)29)24(18-7-11-20(12-8-18)25(2)3)19-9-13-21(14-10-19)26(4)5/h6-16H,1-5H3/p+1. The summed E-state index contributed by atoms with van der Waals surface area (Å²) in [5.74, 6) is 0. The quantitative estimate of drug-likeness (QED) is 0.598. The molecule has 1 N–H and O–H groups in total. The Labute approximate surface area is 178 Å². The minimum Gasteiger partial charge on any atom is -0.378 e. The number of rotatable bonds is 4. The van der Waals surface area contributed by atoms with Gasteiger partial charge >= 0.3 is 0 Å². The van der Waals surface area contributed by atoms with Crippen molar-refractivity contribution in [2.24, 2.45) is 0 Å². The molecule has 1 aliphatic rings. The maximum atomic E-state index is 12.2. The van der Waals surface area contributed by atoms with E-state index in [4.69, 9.17) is 0 Å². The van der Waals surface area contributed by atoms with Gasteiger partial charge in [0, 0.05) is 37.5 Å². The van der Waals surface area contributed by atoms with Crippen molar-refractivity contribution in [2.45, 2.75) is 11.8 Å². The summed E-state index contributed by atoms with van der Waals surface area (Å²) < 4.78 is 36.3. The highest BCUT2D eigenvalue weighted by atomic mass is 32.2. The topological polar surface area (TPSA) is 60.6 Å². The second-order valence-corrected chi connectivity index (χ2v) is 9.12. The van der Waals surface area contributed by atoms with E-state index in [-0.39, 0.29) is 4.90 Å². The van der Waals surface area contributed by atoms with E-state index in [0.29, 0.717) is 5.56 Å². The van der Waals surface area contributed by atoms with Crippen molar-refractivity contribution < 1.29 is 17.5 Å². The number of allylic oxidation sites excluding steroid dienone is 5. The number of hydrogen-bond acceptors (Lipinski definition) is 3. The third-order valence-corrected chi connectivity index (χ3v) is 5.92. The lowest BCUT2D eigenvalue weighted by molar-refractivity contribution is -0.462. The Morgan fingerprint density at radius 2 is 1.53 bits per heavy atom. The van der Waals surface area contributed by atoms with E-state index in [2.05, 4.69) is 0 Å². The SMILES string of the molecule is Cc1ccc(C(=C2C=CC(=[N+](C)C)C=C2)c2ccc(N(C)C)cc2)c(S(=O)(=O)O)c1.